The first kappa shape index (κ1) is 13.8. The van der Waals surface area contributed by atoms with E-state index in [1.807, 2.05) is 6.08 Å². The van der Waals surface area contributed by atoms with Crippen LogP contribution in [0.25, 0.3) is 0 Å². The molecule has 0 radical (unpaired) electrons. The fourth-order valence-corrected chi connectivity index (χ4v) is 5.59. The molecule has 0 saturated heterocycles. The van der Waals surface area contributed by atoms with Crippen molar-refractivity contribution in [2.75, 3.05) is 0 Å². The van der Waals surface area contributed by atoms with E-state index >= 15 is 0 Å². The van der Waals surface area contributed by atoms with Crippen LogP contribution in [0.1, 0.15) is 46.0 Å². The van der Waals surface area contributed by atoms with Gasteiger partial charge in [-0.1, -0.05) is 43.7 Å². The van der Waals surface area contributed by atoms with E-state index < -0.39 is 0 Å². The Labute approximate surface area is 127 Å². The van der Waals surface area contributed by atoms with E-state index in [4.69, 9.17) is 5.73 Å². The van der Waals surface area contributed by atoms with Crippen LogP contribution in [0.5, 0.6) is 0 Å². The van der Waals surface area contributed by atoms with Crippen molar-refractivity contribution in [1.29, 1.82) is 0 Å². The van der Waals surface area contributed by atoms with Gasteiger partial charge in [0.15, 0.2) is 0 Å². The van der Waals surface area contributed by atoms with Gasteiger partial charge in [-0.25, -0.2) is 0 Å². The maximum Gasteiger partial charge on any atom is 0.0817 e. The van der Waals surface area contributed by atoms with Gasteiger partial charge in [0, 0.05) is 11.5 Å². The topological polar surface area (TPSA) is 46.2 Å². The fraction of sp³-hybridized carbons (Fsp3) is 0.684. The molecule has 2 nitrogen and oxygen atoms in total. The molecule has 4 aliphatic carbocycles. The van der Waals surface area contributed by atoms with Crippen molar-refractivity contribution < 1.29 is 5.11 Å². The third-order valence-corrected chi connectivity index (χ3v) is 7.08. The molecule has 0 aromatic heterocycles. The second-order valence-corrected chi connectivity index (χ2v) is 8.11. The van der Waals surface area contributed by atoms with Crippen molar-refractivity contribution in [2.24, 2.45) is 28.4 Å². The molecule has 21 heavy (non-hydrogen) atoms. The Bertz CT molecular complexity index is 560. The molecule has 2 heteroatoms. The van der Waals surface area contributed by atoms with Gasteiger partial charge in [-0.15, -0.1) is 0 Å². The van der Waals surface area contributed by atoms with Crippen molar-refractivity contribution in [3.8, 4) is 0 Å². The maximum absolute atomic E-state index is 10.4. The van der Waals surface area contributed by atoms with E-state index in [9.17, 15) is 5.11 Å². The maximum atomic E-state index is 10.4. The Kier molecular flexibility index (Phi) is 2.84. The summed E-state index contributed by atoms with van der Waals surface area (Å²) in [6.45, 7) is 4.69. The molecule has 0 aliphatic heterocycles. The average molecular weight is 285 g/mol. The summed E-state index contributed by atoms with van der Waals surface area (Å²) in [5.74, 6) is 1.38. The summed E-state index contributed by atoms with van der Waals surface area (Å²) in [7, 11) is 0. The molecule has 0 bridgehead atoms. The number of allylic oxidation sites excluding steroid dienone is 3. The van der Waals surface area contributed by atoms with Gasteiger partial charge in [-0.05, 0) is 54.9 Å². The molecule has 114 valence electrons. The van der Waals surface area contributed by atoms with E-state index in [1.165, 1.54) is 24.8 Å². The molecule has 3 N–H and O–H groups in total. The minimum Gasteiger partial charge on any atom is -0.388 e. The zero-order chi connectivity index (χ0) is 14.8. The first-order chi connectivity index (χ1) is 9.95. The summed E-state index contributed by atoms with van der Waals surface area (Å²) < 4.78 is 0. The lowest BCUT2D eigenvalue weighted by Crippen LogP contribution is -2.47. The lowest BCUT2D eigenvalue weighted by atomic mass is 9.51. The molecule has 0 aromatic carbocycles. The van der Waals surface area contributed by atoms with Crippen LogP contribution in [-0.4, -0.2) is 17.3 Å². The number of fused-ring (bicyclic) bond motifs is 4. The van der Waals surface area contributed by atoms with E-state index in [0.717, 1.165) is 18.8 Å². The normalized spacial score (nSPS) is 51.6. The van der Waals surface area contributed by atoms with Crippen LogP contribution >= 0.6 is 0 Å². The van der Waals surface area contributed by atoms with Crippen molar-refractivity contribution >= 4 is 0 Å². The van der Waals surface area contributed by atoms with Crippen LogP contribution in [0, 0.1) is 22.7 Å². The molecule has 0 heterocycles. The van der Waals surface area contributed by atoms with Gasteiger partial charge in [0.2, 0.25) is 0 Å². The molecule has 0 amide bonds. The average Bonchev–Trinajstić information content (AvgIpc) is 2.76. The van der Waals surface area contributed by atoms with E-state index in [0.29, 0.717) is 5.92 Å². The Morgan fingerprint density at radius 1 is 1.24 bits per heavy atom. The highest BCUT2D eigenvalue weighted by molar-refractivity contribution is 5.45. The van der Waals surface area contributed by atoms with E-state index in [-0.39, 0.29) is 23.0 Å². The second kappa shape index (κ2) is 4.33. The quantitative estimate of drug-likeness (QED) is 0.671. The number of rotatable bonds is 0. The van der Waals surface area contributed by atoms with Crippen LogP contribution in [0.3, 0.4) is 0 Å². The van der Waals surface area contributed by atoms with Gasteiger partial charge < -0.3 is 10.8 Å². The van der Waals surface area contributed by atoms with Gasteiger partial charge in [-0.2, -0.15) is 0 Å². The van der Waals surface area contributed by atoms with Gasteiger partial charge in [0.1, 0.15) is 0 Å². The second-order valence-electron chi connectivity index (χ2n) is 8.11. The van der Waals surface area contributed by atoms with Crippen LogP contribution in [0.2, 0.25) is 0 Å². The number of hydrogen-bond acceptors (Lipinski definition) is 2. The summed E-state index contributed by atoms with van der Waals surface area (Å²) >= 11 is 0. The minimum atomic E-state index is -0.290. The van der Waals surface area contributed by atoms with E-state index in [1.54, 1.807) is 5.57 Å². The summed E-state index contributed by atoms with van der Waals surface area (Å²) in [5.41, 5.74) is 9.49. The molecular formula is C19H27NO. The molecule has 0 aromatic rings. The fourth-order valence-electron chi connectivity index (χ4n) is 5.59. The van der Waals surface area contributed by atoms with Gasteiger partial charge in [0.25, 0.3) is 0 Å². The standard InChI is InChI=1S/C19H27NO/c1-18-9-7-13(20)11-12(18)3-4-14-15-5-6-17(21)19(15,2)10-8-16(14)18/h5-7,9,12-13,16-17,21H,3-4,8,10-11,20H2,1-2H3/t12?,13-,16-,17-,18-,19-/m0/s1. The van der Waals surface area contributed by atoms with Crippen LogP contribution in [0.4, 0.5) is 0 Å². The van der Waals surface area contributed by atoms with Gasteiger partial charge >= 0.3 is 0 Å². The first-order valence-corrected chi connectivity index (χ1v) is 8.50. The van der Waals surface area contributed by atoms with Crippen molar-refractivity contribution in [3.05, 3.63) is 35.5 Å². The van der Waals surface area contributed by atoms with E-state index in [2.05, 4.69) is 32.1 Å². The molecule has 4 aliphatic rings. The molecule has 4 rings (SSSR count). The van der Waals surface area contributed by atoms with Crippen LogP contribution in [0.15, 0.2) is 35.5 Å². The number of aliphatic hydroxyl groups is 1. The molecule has 1 unspecified atom stereocenters. The molecule has 6 atom stereocenters. The number of hydrogen-bond donors (Lipinski definition) is 2. The monoisotopic (exact) mass is 285 g/mol. The first-order valence-electron chi connectivity index (χ1n) is 8.50. The van der Waals surface area contributed by atoms with Crippen molar-refractivity contribution in [1.82, 2.24) is 0 Å². The summed E-state index contributed by atoms with van der Waals surface area (Å²) in [4.78, 5) is 0. The Morgan fingerprint density at radius 3 is 2.86 bits per heavy atom. The Hall–Kier alpha value is -0.860. The van der Waals surface area contributed by atoms with Crippen molar-refractivity contribution in [3.63, 3.8) is 0 Å². The zero-order valence-electron chi connectivity index (χ0n) is 13.2. The van der Waals surface area contributed by atoms with Crippen LogP contribution < -0.4 is 5.73 Å². The summed E-state index contributed by atoms with van der Waals surface area (Å²) in [6.07, 6.45) is 14.5. The zero-order valence-corrected chi connectivity index (χ0v) is 13.2. The summed E-state index contributed by atoms with van der Waals surface area (Å²) in [5, 5.41) is 10.4. The predicted octanol–water partition coefficient (Wildman–Crippen LogP) is 3.33. The Balaban J connectivity index is 1.79. The largest absolute Gasteiger partial charge is 0.388 e. The van der Waals surface area contributed by atoms with Crippen LogP contribution in [-0.2, 0) is 0 Å². The van der Waals surface area contributed by atoms with Gasteiger partial charge in [-0.3, -0.25) is 0 Å². The molecule has 1 fully saturated rings. The summed E-state index contributed by atoms with van der Waals surface area (Å²) in [6, 6.07) is 0.249. The molecule has 1 saturated carbocycles. The highest BCUT2D eigenvalue weighted by atomic mass is 16.3. The van der Waals surface area contributed by atoms with Gasteiger partial charge in [0.05, 0.1) is 6.10 Å². The smallest absolute Gasteiger partial charge is 0.0817 e. The highest BCUT2D eigenvalue weighted by Crippen LogP contribution is 2.61. The lowest BCUT2D eigenvalue weighted by molar-refractivity contribution is 0.0526. The lowest BCUT2D eigenvalue weighted by Gasteiger charge is -2.54. The number of aliphatic hydroxyl groups excluding tert-OH is 1. The Morgan fingerprint density at radius 2 is 2.05 bits per heavy atom. The SMILES string of the molecule is C[C@]12CC[C@H]3C(=C1C=C[C@@H]2O)CCC1C[C@@H](N)C=C[C@@]13C. The third-order valence-electron chi connectivity index (χ3n) is 7.08. The molecular weight excluding hydrogens is 258 g/mol. The predicted molar refractivity (Wildman–Crippen MR) is 85.6 cm³/mol. The third kappa shape index (κ3) is 1.72. The number of nitrogens with two attached hydrogens (primary N) is 1. The highest BCUT2D eigenvalue weighted by Gasteiger charge is 2.52. The molecule has 0 spiro atoms. The van der Waals surface area contributed by atoms with Crippen molar-refractivity contribution in [2.45, 2.75) is 58.1 Å². The minimum absolute atomic E-state index is 0.0240.